The minimum atomic E-state index is -2.06. The second-order valence-corrected chi connectivity index (χ2v) is 19.2. The summed E-state index contributed by atoms with van der Waals surface area (Å²) < 4.78 is 26.6. The highest BCUT2D eigenvalue weighted by Crippen LogP contribution is 2.39. The summed E-state index contributed by atoms with van der Waals surface area (Å²) >= 11 is 0. The first kappa shape index (κ1) is 21.4. The second kappa shape index (κ2) is 6.92. The van der Waals surface area contributed by atoms with Gasteiger partial charge in [0, 0.05) is 0 Å². The van der Waals surface area contributed by atoms with Gasteiger partial charge in [-0.15, -0.1) is 0 Å². The molecule has 0 amide bonds. The molecule has 138 valence electrons. The van der Waals surface area contributed by atoms with Crippen molar-refractivity contribution in [3.8, 4) is 5.75 Å². The molecular formula is C19H35FO2Si2. The maximum atomic E-state index is 14.2. The largest absolute Gasteiger partial charge is 0.542 e. The lowest BCUT2D eigenvalue weighted by molar-refractivity contribution is 0.275. The van der Waals surface area contributed by atoms with Crippen LogP contribution in [0.5, 0.6) is 5.75 Å². The molecule has 2 nitrogen and oxygen atoms in total. The highest BCUT2D eigenvalue weighted by Gasteiger charge is 2.40. The normalized spacial score (nSPS) is 14.0. The lowest BCUT2D eigenvalue weighted by Gasteiger charge is -2.37. The van der Waals surface area contributed by atoms with Crippen molar-refractivity contribution in [1.82, 2.24) is 0 Å². The average molecular weight is 371 g/mol. The summed E-state index contributed by atoms with van der Waals surface area (Å²) in [5.41, 5.74) is 0.968. The van der Waals surface area contributed by atoms with Gasteiger partial charge in [0.15, 0.2) is 14.1 Å². The lowest BCUT2D eigenvalue weighted by Crippen LogP contribution is -2.44. The first-order valence-electron chi connectivity index (χ1n) is 8.68. The summed E-state index contributed by atoms with van der Waals surface area (Å²) in [4.78, 5) is 0. The van der Waals surface area contributed by atoms with E-state index in [0.29, 0.717) is 12.4 Å². The van der Waals surface area contributed by atoms with Gasteiger partial charge >= 0.3 is 0 Å². The molecule has 1 rings (SSSR count). The smallest absolute Gasteiger partial charge is 0.250 e. The fourth-order valence-electron chi connectivity index (χ4n) is 1.62. The van der Waals surface area contributed by atoms with Crippen LogP contribution in [0.2, 0.25) is 36.3 Å². The molecule has 24 heavy (non-hydrogen) atoms. The van der Waals surface area contributed by atoms with Crippen molar-refractivity contribution in [3.05, 3.63) is 29.6 Å². The molecule has 0 spiro atoms. The standard InChI is InChI=1S/C19H35FO2Si2/c1-18(2,3)23(7,8)21-14-15-11-12-16(20)17(13-15)22-24(9,10)19(4,5)6/h11-13H,14H2,1-10H3. The zero-order chi connectivity index (χ0) is 19.0. The molecule has 5 heteroatoms. The van der Waals surface area contributed by atoms with Gasteiger partial charge in [0.1, 0.15) is 5.75 Å². The summed E-state index contributed by atoms with van der Waals surface area (Å²) in [5, 5.41) is 0.195. The number of rotatable bonds is 5. The van der Waals surface area contributed by atoms with Crippen LogP contribution >= 0.6 is 0 Å². The molecule has 0 saturated heterocycles. The molecule has 0 radical (unpaired) electrons. The lowest BCUT2D eigenvalue weighted by atomic mass is 10.2. The maximum Gasteiger partial charge on any atom is 0.250 e. The Labute approximate surface area is 150 Å². The average Bonchev–Trinajstić information content (AvgIpc) is 2.36. The highest BCUT2D eigenvalue weighted by molar-refractivity contribution is 6.75. The van der Waals surface area contributed by atoms with Crippen molar-refractivity contribution in [1.29, 1.82) is 0 Å². The van der Waals surface area contributed by atoms with Crippen molar-refractivity contribution in [2.75, 3.05) is 0 Å². The molecule has 0 aliphatic heterocycles. The van der Waals surface area contributed by atoms with Crippen LogP contribution in [0.1, 0.15) is 47.1 Å². The molecule has 0 heterocycles. The van der Waals surface area contributed by atoms with E-state index >= 15 is 0 Å². The van der Waals surface area contributed by atoms with Crippen LogP contribution in [-0.2, 0) is 11.0 Å². The van der Waals surface area contributed by atoms with E-state index in [9.17, 15) is 4.39 Å². The molecule has 1 aromatic rings. The predicted octanol–water partition coefficient (Wildman–Crippen LogP) is 6.73. The van der Waals surface area contributed by atoms with Crippen LogP contribution in [0, 0.1) is 5.82 Å². The Morgan fingerprint density at radius 1 is 0.875 bits per heavy atom. The third-order valence-corrected chi connectivity index (χ3v) is 14.4. The van der Waals surface area contributed by atoms with Crippen LogP contribution in [0.4, 0.5) is 4.39 Å². The summed E-state index contributed by atoms with van der Waals surface area (Å²) in [6, 6.07) is 5.09. The number of halogens is 1. The van der Waals surface area contributed by atoms with E-state index in [1.807, 2.05) is 6.07 Å². The first-order valence-corrected chi connectivity index (χ1v) is 14.5. The van der Waals surface area contributed by atoms with Crippen LogP contribution in [0.25, 0.3) is 0 Å². The van der Waals surface area contributed by atoms with Gasteiger partial charge in [-0.25, -0.2) is 4.39 Å². The molecule has 0 fully saturated rings. The van der Waals surface area contributed by atoms with Crippen molar-refractivity contribution >= 4 is 16.6 Å². The Morgan fingerprint density at radius 2 is 1.38 bits per heavy atom. The minimum Gasteiger partial charge on any atom is -0.542 e. The van der Waals surface area contributed by atoms with Gasteiger partial charge in [0.2, 0.25) is 0 Å². The van der Waals surface area contributed by atoms with E-state index < -0.39 is 16.6 Å². The van der Waals surface area contributed by atoms with Crippen LogP contribution in [-0.4, -0.2) is 16.6 Å². The second-order valence-electron chi connectivity index (χ2n) is 9.68. The van der Waals surface area contributed by atoms with E-state index in [1.165, 1.54) is 6.07 Å². The van der Waals surface area contributed by atoms with E-state index in [2.05, 4.69) is 67.7 Å². The van der Waals surface area contributed by atoms with E-state index in [-0.39, 0.29) is 15.9 Å². The monoisotopic (exact) mass is 370 g/mol. The summed E-state index contributed by atoms with van der Waals surface area (Å²) in [6.45, 7) is 22.3. The van der Waals surface area contributed by atoms with E-state index in [0.717, 1.165) is 5.56 Å². The Hall–Kier alpha value is -0.656. The topological polar surface area (TPSA) is 18.5 Å². The fourth-order valence-corrected chi connectivity index (χ4v) is 3.60. The highest BCUT2D eigenvalue weighted by atomic mass is 28.4. The van der Waals surface area contributed by atoms with Gasteiger partial charge in [0.25, 0.3) is 8.32 Å². The van der Waals surface area contributed by atoms with Crippen molar-refractivity contribution in [2.24, 2.45) is 0 Å². The van der Waals surface area contributed by atoms with E-state index in [1.54, 1.807) is 6.07 Å². The van der Waals surface area contributed by atoms with Crippen LogP contribution in [0.3, 0.4) is 0 Å². The number of benzene rings is 1. The van der Waals surface area contributed by atoms with Gasteiger partial charge in [-0.3, -0.25) is 0 Å². The zero-order valence-electron chi connectivity index (χ0n) is 17.1. The molecule has 0 aromatic heterocycles. The SMILES string of the molecule is CC(C)(C)[Si](C)(C)OCc1ccc(F)c(O[Si](C)(C)C(C)(C)C)c1. The minimum absolute atomic E-state index is 0.0348. The quantitative estimate of drug-likeness (QED) is 0.535. The molecule has 0 saturated carbocycles. The molecule has 0 aliphatic rings. The Morgan fingerprint density at radius 3 is 1.83 bits per heavy atom. The molecular weight excluding hydrogens is 335 g/mol. The molecule has 0 atom stereocenters. The van der Waals surface area contributed by atoms with Crippen LogP contribution in [0.15, 0.2) is 18.2 Å². The molecule has 0 aliphatic carbocycles. The van der Waals surface area contributed by atoms with Gasteiger partial charge in [-0.05, 0) is 54.0 Å². The maximum absolute atomic E-state index is 14.2. The predicted molar refractivity (Wildman–Crippen MR) is 106 cm³/mol. The summed E-state index contributed by atoms with van der Waals surface area (Å²) in [6.07, 6.45) is 0. The Balaban J connectivity index is 2.95. The molecule has 0 bridgehead atoms. The third kappa shape index (κ3) is 5.17. The first-order chi connectivity index (χ1) is 10.6. The van der Waals surface area contributed by atoms with Crippen molar-refractivity contribution < 1.29 is 13.2 Å². The molecule has 1 aromatic carbocycles. The van der Waals surface area contributed by atoms with E-state index in [4.69, 9.17) is 8.85 Å². The summed E-state index contributed by atoms with van der Waals surface area (Å²) in [7, 11) is -3.88. The Bertz CT molecular complexity index is 570. The fraction of sp³-hybridized carbons (Fsp3) is 0.684. The zero-order valence-corrected chi connectivity index (χ0v) is 19.1. The number of hydrogen-bond donors (Lipinski definition) is 0. The molecule has 0 unspecified atom stereocenters. The van der Waals surface area contributed by atoms with Gasteiger partial charge < -0.3 is 8.85 Å². The Kier molecular flexibility index (Phi) is 6.17. The van der Waals surface area contributed by atoms with Crippen LogP contribution < -0.4 is 4.43 Å². The molecule has 0 N–H and O–H groups in total. The summed E-state index contributed by atoms with van der Waals surface area (Å²) in [5.74, 6) is 0.0637. The third-order valence-electron chi connectivity index (χ3n) is 5.57. The van der Waals surface area contributed by atoms with Crippen molar-refractivity contribution in [2.45, 2.75) is 84.4 Å². The van der Waals surface area contributed by atoms with Gasteiger partial charge in [0.05, 0.1) is 6.61 Å². The number of hydrogen-bond acceptors (Lipinski definition) is 2. The van der Waals surface area contributed by atoms with Gasteiger partial charge in [-0.2, -0.15) is 0 Å². The van der Waals surface area contributed by atoms with Crippen molar-refractivity contribution in [3.63, 3.8) is 0 Å². The van der Waals surface area contributed by atoms with Gasteiger partial charge in [-0.1, -0.05) is 47.6 Å².